The number of fused-ring (bicyclic) bond motifs is 1. The lowest BCUT2D eigenvalue weighted by atomic mass is 10.1. The van der Waals surface area contributed by atoms with E-state index in [4.69, 9.17) is 0 Å². The number of hydrogen-bond donors (Lipinski definition) is 2. The number of aromatic amines is 1. The molecule has 0 spiro atoms. The number of rotatable bonds is 4. The third-order valence-electron chi connectivity index (χ3n) is 3.46. The van der Waals surface area contributed by atoms with Gasteiger partial charge in [0.05, 0.1) is 5.75 Å². The molecule has 1 aromatic heterocycles. The van der Waals surface area contributed by atoms with E-state index in [0.29, 0.717) is 16.8 Å². The molecule has 0 saturated carbocycles. The van der Waals surface area contributed by atoms with Crippen LogP contribution in [0.1, 0.15) is 15.9 Å². The molecule has 0 aliphatic carbocycles. The number of benzene rings is 2. The smallest absolute Gasteiger partial charge is 0.255 e. The summed E-state index contributed by atoms with van der Waals surface area (Å²) in [6, 6.07) is 14.1. The van der Waals surface area contributed by atoms with Crippen LogP contribution in [0.25, 0.3) is 10.9 Å². The van der Waals surface area contributed by atoms with Crippen molar-refractivity contribution in [3.63, 3.8) is 0 Å². The van der Waals surface area contributed by atoms with Crippen molar-refractivity contribution in [2.24, 2.45) is 0 Å². The van der Waals surface area contributed by atoms with E-state index >= 15 is 0 Å². The zero-order chi connectivity index (χ0) is 16.4. The van der Waals surface area contributed by atoms with E-state index in [9.17, 15) is 13.2 Å². The zero-order valence-electron chi connectivity index (χ0n) is 12.5. The van der Waals surface area contributed by atoms with Crippen molar-refractivity contribution in [1.82, 2.24) is 4.98 Å². The van der Waals surface area contributed by atoms with E-state index in [-0.39, 0.29) is 11.7 Å². The first-order chi connectivity index (χ1) is 10.9. The molecule has 0 atom stereocenters. The highest BCUT2D eigenvalue weighted by Crippen LogP contribution is 2.18. The normalized spacial score (nSPS) is 11.5. The SMILES string of the molecule is CS(=O)(=O)Cc1ccc(C(=O)Nc2ccc3[nH]ccc3c2)cc1. The first-order valence-corrected chi connectivity index (χ1v) is 9.12. The third-order valence-corrected chi connectivity index (χ3v) is 4.31. The summed E-state index contributed by atoms with van der Waals surface area (Å²) < 4.78 is 22.5. The minimum atomic E-state index is -3.08. The Morgan fingerprint density at radius 3 is 2.52 bits per heavy atom. The number of sulfone groups is 1. The summed E-state index contributed by atoms with van der Waals surface area (Å²) in [6.07, 6.45) is 3.03. The van der Waals surface area contributed by atoms with Gasteiger partial charge in [-0.05, 0) is 42.0 Å². The van der Waals surface area contributed by atoms with Crippen LogP contribution in [0.3, 0.4) is 0 Å². The van der Waals surface area contributed by atoms with Crippen LogP contribution in [0, 0.1) is 0 Å². The van der Waals surface area contributed by atoms with Crippen LogP contribution in [0.4, 0.5) is 5.69 Å². The summed E-state index contributed by atoms with van der Waals surface area (Å²) in [5.74, 6) is -0.259. The predicted molar refractivity (Wildman–Crippen MR) is 91.2 cm³/mol. The second-order valence-electron chi connectivity index (χ2n) is 5.50. The van der Waals surface area contributed by atoms with Crippen LogP contribution < -0.4 is 5.32 Å². The number of H-pyrrole nitrogens is 1. The Kier molecular flexibility index (Phi) is 3.92. The number of amides is 1. The van der Waals surface area contributed by atoms with Gasteiger partial charge in [0.1, 0.15) is 0 Å². The Bertz CT molecular complexity index is 957. The minimum Gasteiger partial charge on any atom is -0.361 e. The van der Waals surface area contributed by atoms with Crippen LogP contribution in [-0.4, -0.2) is 25.6 Å². The number of anilines is 1. The maximum Gasteiger partial charge on any atom is 0.255 e. The van der Waals surface area contributed by atoms with Crippen molar-refractivity contribution in [2.75, 3.05) is 11.6 Å². The molecule has 0 radical (unpaired) electrons. The van der Waals surface area contributed by atoms with E-state index in [2.05, 4.69) is 10.3 Å². The molecule has 1 amide bonds. The number of aromatic nitrogens is 1. The Morgan fingerprint density at radius 2 is 1.83 bits per heavy atom. The molecule has 0 fully saturated rings. The van der Waals surface area contributed by atoms with Gasteiger partial charge in [-0.15, -0.1) is 0 Å². The van der Waals surface area contributed by atoms with Crippen LogP contribution >= 0.6 is 0 Å². The van der Waals surface area contributed by atoms with Crippen LogP contribution in [-0.2, 0) is 15.6 Å². The van der Waals surface area contributed by atoms with Gasteiger partial charge in [0.2, 0.25) is 0 Å². The van der Waals surface area contributed by atoms with Gasteiger partial charge in [-0.3, -0.25) is 4.79 Å². The van der Waals surface area contributed by atoms with Gasteiger partial charge in [0.15, 0.2) is 9.84 Å². The van der Waals surface area contributed by atoms with E-state index in [1.165, 1.54) is 6.26 Å². The van der Waals surface area contributed by atoms with Gasteiger partial charge in [0.25, 0.3) is 5.91 Å². The number of nitrogens with one attached hydrogen (secondary N) is 2. The molecule has 1 heterocycles. The maximum absolute atomic E-state index is 12.2. The topological polar surface area (TPSA) is 79.0 Å². The van der Waals surface area contributed by atoms with Crippen molar-refractivity contribution in [1.29, 1.82) is 0 Å². The monoisotopic (exact) mass is 328 g/mol. The average molecular weight is 328 g/mol. The molecular formula is C17H16N2O3S. The largest absolute Gasteiger partial charge is 0.361 e. The molecule has 3 aromatic rings. The molecule has 0 bridgehead atoms. The summed E-state index contributed by atoms with van der Waals surface area (Å²) >= 11 is 0. The van der Waals surface area contributed by atoms with E-state index in [1.54, 1.807) is 24.3 Å². The summed E-state index contributed by atoms with van der Waals surface area (Å²) in [5.41, 5.74) is 2.87. The zero-order valence-corrected chi connectivity index (χ0v) is 13.4. The summed E-state index contributed by atoms with van der Waals surface area (Å²) in [7, 11) is -3.08. The summed E-state index contributed by atoms with van der Waals surface area (Å²) in [4.78, 5) is 15.3. The molecule has 5 nitrogen and oxygen atoms in total. The Hall–Kier alpha value is -2.60. The standard InChI is InChI=1S/C17H16N2O3S/c1-23(21,22)11-12-2-4-13(5-3-12)17(20)19-15-6-7-16-14(10-15)8-9-18-16/h2-10,18H,11H2,1H3,(H,19,20). The minimum absolute atomic E-state index is 0.0287. The number of carbonyl (C=O) groups excluding carboxylic acids is 1. The van der Waals surface area contributed by atoms with Crippen LogP contribution in [0.2, 0.25) is 0 Å². The van der Waals surface area contributed by atoms with Crippen molar-refractivity contribution in [2.45, 2.75) is 5.75 Å². The predicted octanol–water partition coefficient (Wildman–Crippen LogP) is 2.96. The fraction of sp³-hybridized carbons (Fsp3) is 0.118. The third kappa shape index (κ3) is 3.78. The van der Waals surface area contributed by atoms with Crippen LogP contribution in [0.15, 0.2) is 54.7 Å². The van der Waals surface area contributed by atoms with E-state index < -0.39 is 9.84 Å². The highest BCUT2D eigenvalue weighted by molar-refractivity contribution is 7.89. The molecule has 23 heavy (non-hydrogen) atoms. The van der Waals surface area contributed by atoms with Gasteiger partial charge < -0.3 is 10.3 Å². The first-order valence-electron chi connectivity index (χ1n) is 7.06. The second-order valence-corrected chi connectivity index (χ2v) is 7.64. The van der Waals surface area contributed by atoms with Gasteiger partial charge in [-0.25, -0.2) is 8.42 Å². The lowest BCUT2D eigenvalue weighted by Gasteiger charge is -2.06. The molecule has 2 N–H and O–H groups in total. The number of hydrogen-bond acceptors (Lipinski definition) is 3. The Labute approximate surface area is 134 Å². The lowest BCUT2D eigenvalue weighted by Crippen LogP contribution is -2.12. The molecule has 6 heteroatoms. The van der Waals surface area contributed by atoms with Crippen LogP contribution in [0.5, 0.6) is 0 Å². The van der Waals surface area contributed by atoms with Gasteiger partial charge in [-0.1, -0.05) is 12.1 Å². The summed E-state index contributed by atoms with van der Waals surface area (Å²) in [6.45, 7) is 0. The Morgan fingerprint density at radius 1 is 1.09 bits per heavy atom. The molecule has 0 unspecified atom stereocenters. The molecule has 0 aliphatic rings. The highest BCUT2D eigenvalue weighted by Gasteiger charge is 2.09. The van der Waals surface area contributed by atoms with E-state index in [0.717, 1.165) is 10.9 Å². The quantitative estimate of drug-likeness (QED) is 0.773. The Balaban J connectivity index is 1.74. The molecule has 0 saturated heterocycles. The summed E-state index contributed by atoms with van der Waals surface area (Å²) in [5, 5.41) is 3.86. The molecule has 0 aliphatic heterocycles. The van der Waals surface area contributed by atoms with Crippen molar-refractivity contribution < 1.29 is 13.2 Å². The second kappa shape index (κ2) is 5.89. The molecule has 3 rings (SSSR count). The number of carbonyl (C=O) groups is 1. The maximum atomic E-state index is 12.2. The van der Waals surface area contributed by atoms with Gasteiger partial charge >= 0.3 is 0 Å². The average Bonchev–Trinajstić information content (AvgIpc) is 2.94. The molecule has 2 aromatic carbocycles. The van der Waals surface area contributed by atoms with Crippen molar-refractivity contribution in [3.8, 4) is 0 Å². The molecule has 118 valence electrons. The first kappa shape index (κ1) is 15.3. The van der Waals surface area contributed by atoms with Crippen molar-refractivity contribution >= 4 is 32.3 Å². The molecular weight excluding hydrogens is 312 g/mol. The fourth-order valence-electron chi connectivity index (χ4n) is 2.39. The fourth-order valence-corrected chi connectivity index (χ4v) is 3.19. The van der Waals surface area contributed by atoms with Crippen molar-refractivity contribution in [3.05, 3.63) is 65.9 Å². The highest BCUT2D eigenvalue weighted by atomic mass is 32.2. The lowest BCUT2D eigenvalue weighted by molar-refractivity contribution is 0.102. The van der Waals surface area contributed by atoms with E-state index in [1.807, 2.05) is 30.5 Å². The van der Waals surface area contributed by atoms with Gasteiger partial charge in [-0.2, -0.15) is 0 Å². The van der Waals surface area contributed by atoms with Gasteiger partial charge in [0, 0.05) is 34.6 Å².